The molecule has 2 fully saturated rings. The van der Waals surface area contributed by atoms with Gasteiger partial charge in [0.05, 0.1) is 6.54 Å². The van der Waals surface area contributed by atoms with Crippen molar-refractivity contribution in [3.8, 4) is 0 Å². The molecule has 0 bridgehead atoms. The zero-order valence-electron chi connectivity index (χ0n) is 19.3. The Hall–Kier alpha value is -1.51. The molecule has 3 N–H and O–H groups in total. The standard InChI is InChI=1S/C24H39N5O.HI/c1-4-25-24(26-16-22(18(2)3)27-20-12-6-5-7-13-20)28-21-14-15-29(17-21)23(30)19-10-8-9-11-19;/h5-7,12-13,18-19,21-22,27H,4,8-11,14-17H2,1-3H3,(H2,25,26,28);1H. The molecule has 1 saturated heterocycles. The number of benzene rings is 1. The SMILES string of the molecule is CCNC(=NCC(Nc1ccccc1)C(C)C)NC1CCN(C(=O)C2CCCC2)C1.I. The van der Waals surface area contributed by atoms with Gasteiger partial charge in [0.2, 0.25) is 5.91 Å². The van der Waals surface area contributed by atoms with Gasteiger partial charge in [-0.1, -0.05) is 44.9 Å². The van der Waals surface area contributed by atoms with Crippen molar-refractivity contribution in [3.05, 3.63) is 30.3 Å². The van der Waals surface area contributed by atoms with Gasteiger partial charge >= 0.3 is 0 Å². The molecule has 1 aliphatic carbocycles. The number of nitrogens with zero attached hydrogens (tertiary/aromatic N) is 2. The van der Waals surface area contributed by atoms with Crippen LogP contribution in [-0.2, 0) is 4.79 Å². The van der Waals surface area contributed by atoms with Crippen LogP contribution in [0.2, 0.25) is 0 Å². The Morgan fingerprint density at radius 1 is 1.16 bits per heavy atom. The average Bonchev–Trinajstić information content (AvgIpc) is 3.43. The van der Waals surface area contributed by atoms with E-state index in [1.54, 1.807) is 0 Å². The second-order valence-corrected chi connectivity index (χ2v) is 8.98. The van der Waals surface area contributed by atoms with Crippen molar-refractivity contribution < 1.29 is 4.79 Å². The summed E-state index contributed by atoms with van der Waals surface area (Å²) in [7, 11) is 0. The average molecular weight is 542 g/mol. The van der Waals surface area contributed by atoms with E-state index in [1.807, 2.05) is 18.2 Å². The van der Waals surface area contributed by atoms with Crippen molar-refractivity contribution in [3.63, 3.8) is 0 Å². The number of likely N-dealkylation sites (tertiary alicyclic amines) is 1. The summed E-state index contributed by atoms with van der Waals surface area (Å²) in [6.07, 6.45) is 5.54. The number of para-hydroxylation sites is 1. The van der Waals surface area contributed by atoms with Gasteiger partial charge in [-0.05, 0) is 44.2 Å². The maximum absolute atomic E-state index is 12.7. The zero-order valence-corrected chi connectivity index (χ0v) is 21.6. The summed E-state index contributed by atoms with van der Waals surface area (Å²) in [6, 6.07) is 10.8. The van der Waals surface area contributed by atoms with Gasteiger partial charge in [-0.15, -0.1) is 24.0 Å². The number of carbonyl (C=O) groups is 1. The molecule has 0 radical (unpaired) electrons. The predicted octanol–water partition coefficient (Wildman–Crippen LogP) is 4.09. The molecule has 31 heavy (non-hydrogen) atoms. The van der Waals surface area contributed by atoms with Gasteiger partial charge in [-0.3, -0.25) is 9.79 Å². The number of rotatable bonds is 8. The minimum Gasteiger partial charge on any atom is -0.380 e. The fourth-order valence-electron chi connectivity index (χ4n) is 4.38. The van der Waals surface area contributed by atoms with Crippen LogP contribution in [0, 0.1) is 11.8 Å². The van der Waals surface area contributed by atoms with E-state index in [9.17, 15) is 4.79 Å². The number of guanidine groups is 1. The molecule has 0 aromatic heterocycles. The lowest BCUT2D eigenvalue weighted by molar-refractivity contribution is -0.134. The number of hydrogen-bond donors (Lipinski definition) is 3. The third-order valence-corrected chi connectivity index (χ3v) is 6.27. The van der Waals surface area contributed by atoms with Crippen molar-refractivity contribution in [2.24, 2.45) is 16.8 Å². The van der Waals surface area contributed by atoms with Crippen LogP contribution >= 0.6 is 24.0 Å². The fourth-order valence-corrected chi connectivity index (χ4v) is 4.38. The lowest BCUT2D eigenvalue weighted by Gasteiger charge is -2.24. The Labute approximate surface area is 205 Å². The normalized spacial score (nSPS) is 20.5. The molecule has 6 nitrogen and oxygen atoms in total. The van der Waals surface area contributed by atoms with Gasteiger partial charge in [0.1, 0.15) is 0 Å². The molecule has 0 spiro atoms. The monoisotopic (exact) mass is 541 g/mol. The first-order valence-corrected chi connectivity index (χ1v) is 11.7. The Bertz CT molecular complexity index is 690. The predicted molar refractivity (Wildman–Crippen MR) is 140 cm³/mol. The number of hydrogen-bond acceptors (Lipinski definition) is 3. The van der Waals surface area contributed by atoms with Crippen LogP contribution in [0.3, 0.4) is 0 Å². The summed E-state index contributed by atoms with van der Waals surface area (Å²) < 4.78 is 0. The third kappa shape index (κ3) is 7.84. The molecule has 2 aliphatic rings. The number of halogens is 1. The van der Waals surface area contributed by atoms with Crippen LogP contribution in [0.5, 0.6) is 0 Å². The van der Waals surface area contributed by atoms with E-state index >= 15 is 0 Å². The third-order valence-electron chi connectivity index (χ3n) is 6.27. The summed E-state index contributed by atoms with van der Waals surface area (Å²) in [4.78, 5) is 19.6. The van der Waals surface area contributed by atoms with Crippen LogP contribution in [-0.4, -0.2) is 55.0 Å². The molecule has 2 atom stereocenters. The van der Waals surface area contributed by atoms with Gasteiger partial charge in [-0.25, -0.2) is 0 Å². The largest absolute Gasteiger partial charge is 0.380 e. The number of amides is 1. The van der Waals surface area contributed by atoms with Crippen LogP contribution in [0.1, 0.15) is 52.9 Å². The first-order chi connectivity index (χ1) is 14.6. The van der Waals surface area contributed by atoms with Crippen LogP contribution in [0.4, 0.5) is 5.69 Å². The van der Waals surface area contributed by atoms with E-state index in [0.717, 1.165) is 50.5 Å². The van der Waals surface area contributed by atoms with Crippen LogP contribution in [0.25, 0.3) is 0 Å². The highest BCUT2D eigenvalue weighted by Gasteiger charge is 2.32. The van der Waals surface area contributed by atoms with Crippen molar-refractivity contribution in [2.45, 2.75) is 65.0 Å². The molecular weight excluding hydrogens is 501 g/mol. The number of nitrogens with one attached hydrogen (secondary N) is 3. The fraction of sp³-hybridized carbons (Fsp3) is 0.667. The Morgan fingerprint density at radius 2 is 1.87 bits per heavy atom. The molecular formula is C24H40IN5O. The molecule has 7 heteroatoms. The van der Waals surface area contributed by atoms with Gasteiger partial charge < -0.3 is 20.9 Å². The van der Waals surface area contributed by atoms with Gasteiger partial charge in [0.25, 0.3) is 0 Å². The Balaban J connectivity index is 0.00000341. The minimum atomic E-state index is 0. The zero-order chi connectivity index (χ0) is 21.3. The van der Waals surface area contributed by atoms with E-state index in [-0.39, 0.29) is 42.0 Å². The Morgan fingerprint density at radius 3 is 2.52 bits per heavy atom. The first kappa shape index (κ1) is 25.7. The maximum Gasteiger partial charge on any atom is 0.225 e. The van der Waals surface area contributed by atoms with Crippen LogP contribution < -0.4 is 16.0 Å². The van der Waals surface area contributed by atoms with Gasteiger partial charge in [-0.2, -0.15) is 0 Å². The van der Waals surface area contributed by atoms with E-state index in [4.69, 9.17) is 4.99 Å². The number of aliphatic imine (C=N–C) groups is 1. The molecule has 1 aliphatic heterocycles. The molecule has 174 valence electrons. The smallest absolute Gasteiger partial charge is 0.225 e. The first-order valence-electron chi connectivity index (χ1n) is 11.7. The van der Waals surface area contributed by atoms with Crippen molar-refractivity contribution in [1.29, 1.82) is 0 Å². The highest BCUT2D eigenvalue weighted by molar-refractivity contribution is 14.0. The summed E-state index contributed by atoms with van der Waals surface area (Å²) in [5.41, 5.74) is 1.13. The highest BCUT2D eigenvalue weighted by atomic mass is 127. The number of anilines is 1. The summed E-state index contributed by atoms with van der Waals surface area (Å²) >= 11 is 0. The lowest BCUT2D eigenvalue weighted by atomic mass is 10.0. The van der Waals surface area contributed by atoms with E-state index in [1.165, 1.54) is 12.8 Å². The summed E-state index contributed by atoms with van der Waals surface area (Å²) in [6.45, 7) is 9.69. The van der Waals surface area contributed by atoms with Gasteiger partial charge in [0, 0.05) is 43.3 Å². The summed E-state index contributed by atoms with van der Waals surface area (Å²) in [5, 5.41) is 10.5. The van der Waals surface area contributed by atoms with E-state index in [0.29, 0.717) is 18.4 Å². The van der Waals surface area contributed by atoms with Crippen molar-refractivity contribution >= 4 is 41.5 Å². The second kappa shape index (κ2) is 13.1. The molecule has 3 rings (SSSR count). The van der Waals surface area contributed by atoms with Crippen LogP contribution in [0.15, 0.2) is 35.3 Å². The molecule has 1 heterocycles. The number of carbonyl (C=O) groups excluding carboxylic acids is 1. The summed E-state index contributed by atoms with van der Waals surface area (Å²) in [5.74, 6) is 1.94. The van der Waals surface area contributed by atoms with Crippen molar-refractivity contribution in [1.82, 2.24) is 15.5 Å². The maximum atomic E-state index is 12.7. The Kier molecular flexibility index (Phi) is 10.9. The minimum absolute atomic E-state index is 0. The molecule has 1 aromatic rings. The van der Waals surface area contributed by atoms with E-state index < -0.39 is 0 Å². The second-order valence-electron chi connectivity index (χ2n) is 8.98. The molecule has 1 aromatic carbocycles. The van der Waals surface area contributed by atoms with E-state index in [2.05, 4.69) is 53.8 Å². The topological polar surface area (TPSA) is 68.8 Å². The lowest BCUT2D eigenvalue weighted by Crippen LogP contribution is -2.46. The molecule has 2 unspecified atom stereocenters. The van der Waals surface area contributed by atoms with Crippen molar-refractivity contribution in [2.75, 3.05) is 31.5 Å². The molecule has 1 saturated carbocycles. The van der Waals surface area contributed by atoms with Gasteiger partial charge in [0.15, 0.2) is 5.96 Å². The quantitative estimate of drug-likeness (QED) is 0.264. The molecule has 1 amide bonds. The highest BCUT2D eigenvalue weighted by Crippen LogP contribution is 2.27.